The number of amides is 1. The average Bonchev–Trinajstić information content (AvgIpc) is 2.28. The SMILES string of the molecule is O=C(CCCO)Nc1ccc(SC(F)F)cc1. The number of aliphatic hydroxyl groups excluding tert-OH is 1. The molecule has 0 atom stereocenters. The maximum Gasteiger partial charge on any atom is 0.288 e. The number of nitrogens with one attached hydrogen (secondary N) is 1. The molecule has 94 valence electrons. The third-order valence-electron chi connectivity index (χ3n) is 1.93. The highest BCUT2D eigenvalue weighted by molar-refractivity contribution is 7.99. The van der Waals surface area contributed by atoms with Crippen LogP contribution in [0.25, 0.3) is 0 Å². The molecule has 0 radical (unpaired) electrons. The van der Waals surface area contributed by atoms with Crippen molar-refractivity contribution in [2.24, 2.45) is 0 Å². The van der Waals surface area contributed by atoms with Gasteiger partial charge in [0.15, 0.2) is 0 Å². The second kappa shape index (κ2) is 7.24. The molecule has 6 heteroatoms. The zero-order valence-electron chi connectivity index (χ0n) is 9.03. The molecular formula is C11H13F2NO2S. The van der Waals surface area contributed by atoms with Gasteiger partial charge in [0.1, 0.15) is 0 Å². The summed E-state index contributed by atoms with van der Waals surface area (Å²) in [5, 5.41) is 11.2. The Balaban J connectivity index is 2.47. The topological polar surface area (TPSA) is 49.3 Å². The van der Waals surface area contributed by atoms with Crippen LogP contribution >= 0.6 is 11.8 Å². The normalized spacial score (nSPS) is 10.6. The highest BCUT2D eigenvalue weighted by atomic mass is 32.2. The van der Waals surface area contributed by atoms with Crippen LogP contribution < -0.4 is 5.32 Å². The minimum Gasteiger partial charge on any atom is -0.396 e. The fourth-order valence-electron chi connectivity index (χ4n) is 1.18. The van der Waals surface area contributed by atoms with Gasteiger partial charge < -0.3 is 10.4 Å². The Morgan fingerprint density at radius 2 is 2.00 bits per heavy atom. The maximum absolute atomic E-state index is 12.0. The van der Waals surface area contributed by atoms with Gasteiger partial charge in [-0.05, 0) is 30.7 Å². The Hall–Kier alpha value is -1.14. The number of carbonyl (C=O) groups is 1. The molecule has 0 spiro atoms. The van der Waals surface area contributed by atoms with E-state index in [4.69, 9.17) is 5.11 Å². The number of hydrogen-bond donors (Lipinski definition) is 2. The van der Waals surface area contributed by atoms with Crippen molar-refractivity contribution in [3.63, 3.8) is 0 Å². The molecule has 17 heavy (non-hydrogen) atoms. The summed E-state index contributed by atoms with van der Waals surface area (Å²) in [6, 6.07) is 6.19. The van der Waals surface area contributed by atoms with E-state index in [9.17, 15) is 13.6 Å². The van der Waals surface area contributed by atoms with E-state index in [0.717, 1.165) is 0 Å². The molecule has 0 saturated heterocycles. The van der Waals surface area contributed by atoms with E-state index in [-0.39, 0.29) is 18.9 Å². The van der Waals surface area contributed by atoms with E-state index in [0.29, 0.717) is 28.8 Å². The zero-order valence-corrected chi connectivity index (χ0v) is 9.84. The summed E-state index contributed by atoms with van der Waals surface area (Å²) >= 11 is 0.461. The summed E-state index contributed by atoms with van der Waals surface area (Å²) in [4.78, 5) is 11.7. The van der Waals surface area contributed by atoms with E-state index in [1.54, 1.807) is 12.1 Å². The molecule has 0 saturated carbocycles. The first kappa shape index (κ1) is 13.9. The van der Waals surface area contributed by atoms with E-state index in [2.05, 4.69) is 5.32 Å². The van der Waals surface area contributed by atoms with Crippen molar-refractivity contribution >= 4 is 23.4 Å². The van der Waals surface area contributed by atoms with Crippen LogP contribution in [0.1, 0.15) is 12.8 Å². The summed E-state index contributed by atoms with van der Waals surface area (Å²) in [6.45, 7) is -0.0304. The number of aliphatic hydroxyl groups is 1. The summed E-state index contributed by atoms with van der Waals surface area (Å²) in [6.07, 6.45) is 0.648. The second-order valence-electron chi connectivity index (χ2n) is 3.28. The smallest absolute Gasteiger partial charge is 0.288 e. The maximum atomic E-state index is 12.0. The number of alkyl halides is 2. The van der Waals surface area contributed by atoms with Crippen LogP contribution in [0.3, 0.4) is 0 Å². The predicted octanol–water partition coefficient (Wildman–Crippen LogP) is 2.71. The number of hydrogen-bond acceptors (Lipinski definition) is 3. The van der Waals surface area contributed by atoms with Crippen molar-refractivity contribution in [2.75, 3.05) is 11.9 Å². The fourth-order valence-corrected chi connectivity index (χ4v) is 1.68. The molecule has 1 aromatic rings. The van der Waals surface area contributed by atoms with E-state index >= 15 is 0 Å². The van der Waals surface area contributed by atoms with Crippen molar-refractivity contribution in [3.8, 4) is 0 Å². The Labute approximate surface area is 102 Å². The van der Waals surface area contributed by atoms with Gasteiger partial charge in [-0.15, -0.1) is 0 Å². The van der Waals surface area contributed by atoms with Gasteiger partial charge in [-0.25, -0.2) is 0 Å². The number of benzene rings is 1. The Morgan fingerprint density at radius 1 is 1.35 bits per heavy atom. The molecule has 2 N–H and O–H groups in total. The molecule has 0 fully saturated rings. The van der Waals surface area contributed by atoms with Gasteiger partial charge in [0.05, 0.1) is 0 Å². The van der Waals surface area contributed by atoms with Crippen molar-refractivity contribution in [1.29, 1.82) is 0 Å². The predicted molar refractivity (Wildman–Crippen MR) is 63.3 cm³/mol. The molecular weight excluding hydrogens is 248 g/mol. The van der Waals surface area contributed by atoms with Crippen LogP contribution in [0.15, 0.2) is 29.2 Å². The Bertz CT molecular complexity index is 357. The van der Waals surface area contributed by atoms with Gasteiger partial charge in [0, 0.05) is 23.6 Å². The van der Waals surface area contributed by atoms with Crippen LogP contribution in [-0.4, -0.2) is 23.4 Å². The third kappa shape index (κ3) is 5.65. The largest absolute Gasteiger partial charge is 0.396 e. The Morgan fingerprint density at radius 3 is 2.53 bits per heavy atom. The van der Waals surface area contributed by atoms with Gasteiger partial charge in [-0.1, -0.05) is 11.8 Å². The number of carbonyl (C=O) groups excluding carboxylic acids is 1. The molecule has 1 amide bonds. The van der Waals surface area contributed by atoms with Crippen molar-refractivity contribution < 1.29 is 18.7 Å². The molecule has 0 unspecified atom stereocenters. The lowest BCUT2D eigenvalue weighted by atomic mass is 10.3. The molecule has 0 aliphatic carbocycles. The monoisotopic (exact) mass is 261 g/mol. The van der Waals surface area contributed by atoms with Gasteiger partial charge in [-0.3, -0.25) is 4.79 Å². The minimum absolute atomic E-state index is 0.0304. The van der Waals surface area contributed by atoms with E-state index < -0.39 is 5.76 Å². The first-order valence-corrected chi connectivity index (χ1v) is 5.95. The van der Waals surface area contributed by atoms with E-state index in [1.807, 2.05) is 0 Å². The number of thioether (sulfide) groups is 1. The van der Waals surface area contributed by atoms with Gasteiger partial charge >= 0.3 is 0 Å². The highest BCUT2D eigenvalue weighted by Gasteiger charge is 2.05. The quantitative estimate of drug-likeness (QED) is 0.774. The molecule has 0 bridgehead atoms. The number of halogens is 2. The van der Waals surface area contributed by atoms with Gasteiger partial charge in [-0.2, -0.15) is 8.78 Å². The summed E-state index contributed by atoms with van der Waals surface area (Å²) in [5.74, 6) is -2.65. The van der Waals surface area contributed by atoms with Crippen LogP contribution in [0.4, 0.5) is 14.5 Å². The zero-order chi connectivity index (χ0) is 12.7. The fraction of sp³-hybridized carbons (Fsp3) is 0.364. The molecule has 0 aliphatic rings. The van der Waals surface area contributed by atoms with Crippen LogP contribution in [0, 0.1) is 0 Å². The summed E-state index contributed by atoms with van der Waals surface area (Å²) < 4.78 is 24.1. The number of anilines is 1. The standard InChI is InChI=1S/C11H13F2NO2S/c12-11(13)17-9-5-3-8(4-6-9)14-10(16)2-1-7-15/h3-6,11,15H,1-2,7H2,(H,14,16). The van der Waals surface area contributed by atoms with E-state index in [1.165, 1.54) is 12.1 Å². The lowest BCUT2D eigenvalue weighted by molar-refractivity contribution is -0.116. The highest BCUT2D eigenvalue weighted by Crippen LogP contribution is 2.26. The second-order valence-corrected chi connectivity index (χ2v) is 4.34. The molecule has 3 nitrogen and oxygen atoms in total. The first-order chi connectivity index (χ1) is 8.11. The van der Waals surface area contributed by atoms with Crippen molar-refractivity contribution in [3.05, 3.63) is 24.3 Å². The molecule has 0 aromatic heterocycles. The lowest BCUT2D eigenvalue weighted by Gasteiger charge is -2.05. The first-order valence-electron chi connectivity index (χ1n) is 5.07. The summed E-state index contributed by atoms with van der Waals surface area (Å²) in [5.41, 5.74) is 0.562. The molecule has 1 rings (SSSR count). The van der Waals surface area contributed by atoms with Crippen molar-refractivity contribution in [1.82, 2.24) is 0 Å². The summed E-state index contributed by atoms with van der Waals surface area (Å²) in [7, 11) is 0. The molecule has 0 aliphatic heterocycles. The third-order valence-corrected chi connectivity index (χ3v) is 2.65. The Kier molecular flexibility index (Phi) is 5.93. The molecule has 1 aromatic carbocycles. The lowest BCUT2D eigenvalue weighted by Crippen LogP contribution is -2.11. The van der Waals surface area contributed by atoms with Crippen LogP contribution in [0.2, 0.25) is 0 Å². The van der Waals surface area contributed by atoms with Gasteiger partial charge in [0.2, 0.25) is 5.91 Å². The van der Waals surface area contributed by atoms with Crippen LogP contribution in [-0.2, 0) is 4.79 Å². The van der Waals surface area contributed by atoms with Crippen molar-refractivity contribution in [2.45, 2.75) is 23.5 Å². The molecule has 0 heterocycles. The van der Waals surface area contributed by atoms with Gasteiger partial charge in [0.25, 0.3) is 5.76 Å². The number of rotatable bonds is 6. The average molecular weight is 261 g/mol. The minimum atomic E-state index is -2.44. The van der Waals surface area contributed by atoms with Crippen LogP contribution in [0.5, 0.6) is 0 Å².